The third-order valence-corrected chi connectivity index (χ3v) is 1.31. The molecule has 0 aliphatic carbocycles. The van der Waals surface area contributed by atoms with Gasteiger partial charge in [-0.15, -0.1) is 0 Å². The molecule has 0 bridgehead atoms. The zero-order valence-electron chi connectivity index (χ0n) is 5.72. The van der Waals surface area contributed by atoms with Gasteiger partial charge in [0.2, 0.25) is 0 Å². The second-order valence-electron chi connectivity index (χ2n) is 2.06. The van der Waals surface area contributed by atoms with Gasteiger partial charge in [-0.3, -0.25) is 4.98 Å². The molecule has 1 rings (SSSR count). The summed E-state index contributed by atoms with van der Waals surface area (Å²) in [6.07, 6.45) is 1.84. The van der Waals surface area contributed by atoms with Crippen molar-refractivity contribution in [1.29, 1.82) is 0 Å². The summed E-state index contributed by atoms with van der Waals surface area (Å²) in [4.78, 5) is 3.30. The first-order valence-corrected chi connectivity index (χ1v) is 3.14. The average molecular weight is 159 g/mol. The van der Waals surface area contributed by atoms with Gasteiger partial charge < -0.3 is 5.11 Å². The predicted molar refractivity (Wildman–Crippen MR) is 34.9 cm³/mol. The summed E-state index contributed by atoms with van der Waals surface area (Å²) in [5, 5.41) is 8.41. The zero-order valence-corrected chi connectivity index (χ0v) is 5.72. The molecule has 1 aromatic heterocycles. The van der Waals surface area contributed by atoms with Crippen molar-refractivity contribution in [2.45, 2.75) is 6.42 Å². The first-order valence-electron chi connectivity index (χ1n) is 3.14. The standard InChI is InChI=1S/C7H7F2NO/c8-6-3-10-4-7(9)5(6)1-2-11/h3-4,11H,1-2H2. The Kier molecular flexibility index (Phi) is 2.48. The van der Waals surface area contributed by atoms with Gasteiger partial charge in [-0.2, -0.15) is 0 Å². The molecule has 1 heterocycles. The first-order chi connectivity index (χ1) is 5.25. The molecule has 0 radical (unpaired) electrons. The van der Waals surface area contributed by atoms with Crippen molar-refractivity contribution < 1.29 is 13.9 Å². The normalized spacial score (nSPS) is 10.1. The molecule has 4 heteroatoms. The Hall–Kier alpha value is -1.03. The summed E-state index contributed by atoms with van der Waals surface area (Å²) in [5.41, 5.74) is -0.109. The van der Waals surface area contributed by atoms with Crippen molar-refractivity contribution in [3.8, 4) is 0 Å². The van der Waals surface area contributed by atoms with Gasteiger partial charge in [0.05, 0.1) is 12.4 Å². The minimum atomic E-state index is -0.709. The molecule has 0 amide bonds. The smallest absolute Gasteiger partial charge is 0.147 e. The van der Waals surface area contributed by atoms with Gasteiger partial charge in [-0.1, -0.05) is 0 Å². The molecule has 0 saturated carbocycles. The zero-order chi connectivity index (χ0) is 8.27. The number of nitrogens with zero attached hydrogens (tertiary/aromatic N) is 1. The van der Waals surface area contributed by atoms with Gasteiger partial charge in [-0.05, 0) is 0 Å². The summed E-state index contributed by atoms with van der Waals surface area (Å²) in [6, 6.07) is 0. The van der Waals surface area contributed by atoms with E-state index < -0.39 is 11.6 Å². The molecular formula is C7H7F2NO. The number of hydrogen-bond donors (Lipinski definition) is 1. The first kappa shape index (κ1) is 8.07. The Labute approximate surface area is 62.5 Å². The third kappa shape index (κ3) is 1.71. The molecule has 60 valence electrons. The van der Waals surface area contributed by atoms with Crippen LogP contribution in [0.2, 0.25) is 0 Å². The monoisotopic (exact) mass is 159 g/mol. The van der Waals surface area contributed by atoms with E-state index in [0.29, 0.717) is 0 Å². The highest BCUT2D eigenvalue weighted by atomic mass is 19.1. The lowest BCUT2D eigenvalue weighted by molar-refractivity contribution is 0.295. The lowest BCUT2D eigenvalue weighted by Gasteiger charge is -1.99. The predicted octanol–water partition coefficient (Wildman–Crippen LogP) is 0.895. The van der Waals surface area contributed by atoms with Crippen molar-refractivity contribution >= 4 is 0 Å². The van der Waals surface area contributed by atoms with E-state index in [2.05, 4.69) is 4.98 Å². The van der Waals surface area contributed by atoms with E-state index in [1.807, 2.05) is 0 Å². The minimum absolute atomic E-state index is 0.0137. The molecule has 0 fully saturated rings. The van der Waals surface area contributed by atoms with E-state index in [0.717, 1.165) is 12.4 Å². The van der Waals surface area contributed by atoms with Crippen LogP contribution in [0.5, 0.6) is 0 Å². The van der Waals surface area contributed by atoms with Gasteiger partial charge in [0.1, 0.15) is 11.6 Å². The van der Waals surface area contributed by atoms with Gasteiger partial charge in [-0.25, -0.2) is 8.78 Å². The summed E-state index contributed by atoms with van der Waals surface area (Å²) in [7, 11) is 0. The van der Waals surface area contributed by atoms with Crippen LogP contribution in [0.4, 0.5) is 8.78 Å². The Morgan fingerprint density at radius 3 is 2.27 bits per heavy atom. The number of halogens is 2. The molecule has 1 aromatic rings. The number of aliphatic hydroxyl groups excluding tert-OH is 1. The summed E-state index contributed by atoms with van der Waals surface area (Å²) in [6.45, 7) is -0.266. The summed E-state index contributed by atoms with van der Waals surface area (Å²) >= 11 is 0. The van der Waals surface area contributed by atoms with Crippen LogP contribution in [0.25, 0.3) is 0 Å². The van der Waals surface area contributed by atoms with Gasteiger partial charge >= 0.3 is 0 Å². The Bertz CT molecular complexity index is 232. The molecule has 0 aliphatic heterocycles. The molecule has 0 aliphatic rings. The second-order valence-corrected chi connectivity index (χ2v) is 2.06. The highest BCUT2D eigenvalue weighted by Gasteiger charge is 2.06. The van der Waals surface area contributed by atoms with Crippen molar-refractivity contribution in [3.05, 3.63) is 29.6 Å². The number of aliphatic hydroxyl groups is 1. The molecule has 0 spiro atoms. The van der Waals surface area contributed by atoms with Gasteiger partial charge in [0.15, 0.2) is 0 Å². The molecule has 0 unspecified atom stereocenters. The van der Waals surface area contributed by atoms with E-state index in [9.17, 15) is 8.78 Å². The van der Waals surface area contributed by atoms with Crippen molar-refractivity contribution in [2.24, 2.45) is 0 Å². The maximum atomic E-state index is 12.6. The number of hydrogen-bond acceptors (Lipinski definition) is 2. The fraction of sp³-hybridized carbons (Fsp3) is 0.286. The number of aromatic nitrogens is 1. The molecule has 0 saturated heterocycles. The van der Waals surface area contributed by atoms with Crippen molar-refractivity contribution in [1.82, 2.24) is 4.98 Å². The van der Waals surface area contributed by atoms with Crippen LogP contribution in [0.3, 0.4) is 0 Å². The van der Waals surface area contributed by atoms with Crippen molar-refractivity contribution in [2.75, 3.05) is 6.61 Å². The maximum Gasteiger partial charge on any atom is 0.147 e. The van der Waals surface area contributed by atoms with Crippen LogP contribution < -0.4 is 0 Å². The Balaban J connectivity index is 3.00. The van der Waals surface area contributed by atoms with E-state index >= 15 is 0 Å². The lowest BCUT2D eigenvalue weighted by atomic mass is 10.2. The fourth-order valence-corrected chi connectivity index (χ4v) is 0.789. The molecule has 1 N–H and O–H groups in total. The van der Waals surface area contributed by atoms with Crippen molar-refractivity contribution in [3.63, 3.8) is 0 Å². The Morgan fingerprint density at radius 2 is 1.82 bits per heavy atom. The van der Waals surface area contributed by atoms with E-state index in [1.165, 1.54) is 0 Å². The number of pyridine rings is 1. The lowest BCUT2D eigenvalue weighted by Crippen LogP contribution is -1.99. The quantitative estimate of drug-likeness (QED) is 0.695. The SMILES string of the molecule is OCCc1c(F)cncc1F. The van der Waals surface area contributed by atoms with Gasteiger partial charge in [0.25, 0.3) is 0 Å². The van der Waals surface area contributed by atoms with Crippen LogP contribution >= 0.6 is 0 Å². The minimum Gasteiger partial charge on any atom is -0.396 e. The summed E-state index contributed by atoms with van der Waals surface area (Å²) < 4.78 is 25.2. The molecule has 11 heavy (non-hydrogen) atoms. The largest absolute Gasteiger partial charge is 0.396 e. The topological polar surface area (TPSA) is 33.1 Å². The maximum absolute atomic E-state index is 12.6. The van der Waals surface area contributed by atoms with Crippen LogP contribution in [-0.4, -0.2) is 16.7 Å². The van der Waals surface area contributed by atoms with E-state index in [-0.39, 0.29) is 18.6 Å². The molecule has 0 aromatic carbocycles. The molecule has 0 atom stereocenters. The van der Waals surface area contributed by atoms with Crippen LogP contribution in [-0.2, 0) is 6.42 Å². The van der Waals surface area contributed by atoms with Crippen LogP contribution in [0.1, 0.15) is 5.56 Å². The van der Waals surface area contributed by atoms with E-state index in [1.54, 1.807) is 0 Å². The molecule has 2 nitrogen and oxygen atoms in total. The highest BCUT2D eigenvalue weighted by molar-refractivity contribution is 5.14. The Morgan fingerprint density at radius 1 is 1.27 bits per heavy atom. The second kappa shape index (κ2) is 3.39. The van der Waals surface area contributed by atoms with Gasteiger partial charge in [0, 0.05) is 18.6 Å². The average Bonchev–Trinajstić information content (AvgIpc) is 1.97. The van der Waals surface area contributed by atoms with Crippen LogP contribution in [0, 0.1) is 11.6 Å². The fourth-order valence-electron chi connectivity index (χ4n) is 0.789. The molecular weight excluding hydrogens is 152 g/mol. The van der Waals surface area contributed by atoms with E-state index in [4.69, 9.17) is 5.11 Å². The number of rotatable bonds is 2. The highest BCUT2D eigenvalue weighted by Crippen LogP contribution is 2.09. The third-order valence-electron chi connectivity index (χ3n) is 1.31. The van der Waals surface area contributed by atoms with Crippen LogP contribution in [0.15, 0.2) is 12.4 Å². The summed E-state index contributed by atoms with van der Waals surface area (Å²) in [5.74, 6) is -1.42.